The molecule has 3 rings (SSSR count). The van der Waals surface area contributed by atoms with Crippen LogP contribution in [0.5, 0.6) is 0 Å². The lowest BCUT2D eigenvalue weighted by atomic mass is 9.89. The summed E-state index contributed by atoms with van der Waals surface area (Å²) in [6.45, 7) is 0. The van der Waals surface area contributed by atoms with Gasteiger partial charge in [0.05, 0.1) is 0 Å². The van der Waals surface area contributed by atoms with Crippen LogP contribution in [0, 0.1) is 11.8 Å². The van der Waals surface area contributed by atoms with Crippen LogP contribution in [0.2, 0.25) is 0 Å². The first-order chi connectivity index (χ1) is 7.25. The molecule has 1 aromatic rings. The van der Waals surface area contributed by atoms with Crippen molar-refractivity contribution < 1.29 is 14.4 Å². The predicted molar refractivity (Wildman–Crippen MR) is 49.4 cm³/mol. The Bertz CT molecular complexity index is 401. The lowest BCUT2D eigenvalue weighted by Crippen LogP contribution is -2.09. The van der Waals surface area contributed by atoms with E-state index in [0.717, 1.165) is 12.3 Å². The molecule has 80 valence electrons. The summed E-state index contributed by atoms with van der Waals surface area (Å²) in [4.78, 5) is 14.5. The van der Waals surface area contributed by atoms with Gasteiger partial charge in [-0.25, -0.2) is 4.79 Å². The summed E-state index contributed by atoms with van der Waals surface area (Å²) in [5.41, 5.74) is 0. The maximum absolute atomic E-state index is 10.6. The minimum absolute atomic E-state index is 0.215. The Hall–Kier alpha value is -1.39. The van der Waals surface area contributed by atoms with E-state index < -0.39 is 5.97 Å². The first-order valence-electron chi connectivity index (χ1n) is 5.32. The van der Waals surface area contributed by atoms with Gasteiger partial charge in [0.2, 0.25) is 5.89 Å². The van der Waals surface area contributed by atoms with E-state index in [0.29, 0.717) is 17.7 Å². The molecule has 2 aliphatic carbocycles. The normalized spacial score (nSPS) is 33.5. The third-order valence-electron chi connectivity index (χ3n) is 3.53. The number of rotatable bonds is 2. The average Bonchev–Trinajstić information content (AvgIpc) is 2.84. The van der Waals surface area contributed by atoms with Crippen LogP contribution < -0.4 is 0 Å². The highest BCUT2D eigenvalue weighted by Gasteiger charge is 2.47. The van der Waals surface area contributed by atoms with E-state index in [-0.39, 0.29) is 5.82 Å². The van der Waals surface area contributed by atoms with Crippen LogP contribution in [0.15, 0.2) is 4.52 Å². The quantitative estimate of drug-likeness (QED) is 0.800. The first kappa shape index (κ1) is 8.88. The largest absolute Gasteiger partial charge is 0.475 e. The highest BCUT2D eigenvalue weighted by atomic mass is 16.5. The van der Waals surface area contributed by atoms with Crippen LogP contribution in [-0.4, -0.2) is 21.2 Å². The first-order valence-corrected chi connectivity index (χ1v) is 5.32. The molecule has 0 bridgehead atoms. The van der Waals surface area contributed by atoms with Gasteiger partial charge < -0.3 is 9.63 Å². The molecule has 2 aliphatic rings. The maximum atomic E-state index is 10.6. The number of hydrogen-bond donors (Lipinski definition) is 1. The molecule has 0 aliphatic heterocycles. The zero-order chi connectivity index (χ0) is 10.4. The number of carbonyl (C=O) groups is 1. The monoisotopic (exact) mass is 208 g/mol. The second-order valence-corrected chi connectivity index (χ2v) is 4.46. The fraction of sp³-hybridized carbons (Fsp3) is 0.700. The van der Waals surface area contributed by atoms with E-state index in [9.17, 15) is 4.79 Å². The fourth-order valence-corrected chi connectivity index (χ4v) is 2.69. The van der Waals surface area contributed by atoms with Crippen molar-refractivity contribution in [2.45, 2.75) is 31.6 Å². The third kappa shape index (κ3) is 1.42. The third-order valence-corrected chi connectivity index (χ3v) is 3.53. The van der Waals surface area contributed by atoms with Crippen molar-refractivity contribution in [2.75, 3.05) is 0 Å². The molecule has 0 amide bonds. The Morgan fingerprint density at radius 3 is 3.07 bits per heavy atom. The van der Waals surface area contributed by atoms with E-state index in [2.05, 4.69) is 10.1 Å². The van der Waals surface area contributed by atoms with Crippen LogP contribution in [0.4, 0.5) is 0 Å². The molecule has 1 heterocycles. The number of aromatic nitrogens is 2. The van der Waals surface area contributed by atoms with Gasteiger partial charge in [-0.05, 0) is 29.8 Å². The number of carboxylic acids is 1. The minimum atomic E-state index is -1.12. The Balaban J connectivity index is 1.82. The van der Waals surface area contributed by atoms with Gasteiger partial charge in [-0.15, -0.1) is 0 Å². The summed E-state index contributed by atoms with van der Waals surface area (Å²) in [5, 5.41) is 12.1. The van der Waals surface area contributed by atoms with Gasteiger partial charge in [-0.3, -0.25) is 0 Å². The minimum Gasteiger partial charge on any atom is -0.475 e. The SMILES string of the molecule is O=C(O)c1noc(C2CCCC3CC32)n1. The molecule has 0 saturated heterocycles. The van der Waals surface area contributed by atoms with E-state index in [1.165, 1.54) is 19.3 Å². The van der Waals surface area contributed by atoms with Crippen molar-refractivity contribution >= 4 is 5.97 Å². The van der Waals surface area contributed by atoms with Gasteiger partial charge >= 0.3 is 5.97 Å². The summed E-state index contributed by atoms with van der Waals surface area (Å²) in [7, 11) is 0. The van der Waals surface area contributed by atoms with Crippen molar-refractivity contribution in [3.8, 4) is 0 Å². The molecule has 0 radical (unpaired) electrons. The molecule has 0 spiro atoms. The molecular weight excluding hydrogens is 196 g/mol. The fourth-order valence-electron chi connectivity index (χ4n) is 2.69. The lowest BCUT2D eigenvalue weighted by Gasteiger charge is -2.16. The Morgan fingerprint density at radius 2 is 2.33 bits per heavy atom. The molecule has 1 N–H and O–H groups in total. The van der Waals surface area contributed by atoms with Crippen molar-refractivity contribution in [1.29, 1.82) is 0 Å². The number of aromatic carboxylic acids is 1. The topological polar surface area (TPSA) is 76.2 Å². The molecule has 5 heteroatoms. The van der Waals surface area contributed by atoms with Crippen LogP contribution in [-0.2, 0) is 0 Å². The molecule has 2 saturated carbocycles. The number of carboxylic acid groups (broad SMARTS) is 1. The van der Waals surface area contributed by atoms with Gasteiger partial charge in [0.15, 0.2) is 0 Å². The Labute approximate surface area is 86.5 Å². The van der Waals surface area contributed by atoms with Gasteiger partial charge in [0.1, 0.15) is 0 Å². The molecule has 5 nitrogen and oxygen atoms in total. The number of nitrogens with zero attached hydrogens (tertiary/aromatic N) is 2. The Morgan fingerprint density at radius 1 is 1.47 bits per heavy atom. The van der Waals surface area contributed by atoms with Crippen molar-refractivity contribution in [2.24, 2.45) is 11.8 Å². The van der Waals surface area contributed by atoms with Crippen LogP contribution in [0.25, 0.3) is 0 Å². The van der Waals surface area contributed by atoms with Gasteiger partial charge in [0, 0.05) is 5.92 Å². The Kier molecular flexibility index (Phi) is 1.81. The molecule has 2 fully saturated rings. The van der Waals surface area contributed by atoms with E-state index in [4.69, 9.17) is 9.63 Å². The molecule has 3 unspecified atom stereocenters. The number of fused-ring (bicyclic) bond motifs is 1. The predicted octanol–water partition coefficient (Wildman–Crippen LogP) is 1.67. The standard InChI is InChI=1S/C10H12N2O3/c13-10(14)8-11-9(15-12-8)6-3-1-2-5-4-7(5)6/h5-7H,1-4H2,(H,13,14). The van der Waals surface area contributed by atoms with E-state index in [1.54, 1.807) is 0 Å². The molecule has 0 aromatic carbocycles. The highest BCUT2D eigenvalue weighted by molar-refractivity contribution is 5.82. The van der Waals surface area contributed by atoms with Crippen LogP contribution in [0.3, 0.4) is 0 Å². The van der Waals surface area contributed by atoms with Gasteiger partial charge in [0.25, 0.3) is 5.82 Å². The second kappa shape index (κ2) is 3.05. The summed E-state index contributed by atoms with van der Waals surface area (Å²) < 4.78 is 5.02. The summed E-state index contributed by atoms with van der Waals surface area (Å²) in [5.74, 6) is 0.995. The van der Waals surface area contributed by atoms with Gasteiger partial charge in [-0.2, -0.15) is 4.98 Å². The van der Waals surface area contributed by atoms with Crippen molar-refractivity contribution in [3.05, 3.63) is 11.7 Å². The van der Waals surface area contributed by atoms with E-state index in [1.807, 2.05) is 0 Å². The lowest BCUT2D eigenvalue weighted by molar-refractivity contribution is 0.0680. The molecular formula is C10H12N2O3. The zero-order valence-electron chi connectivity index (χ0n) is 8.22. The summed E-state index contributed by atoms with van der Waals surface area (Å²) in [6, 6.07) is 0. The molecule has 15 heavy (non-hydrogen) atoms. The molecule has 1 aromatic heterocycles. The summed E-state index contributed by atoms with van der Waals surface area (Å²) >= 11 is 0. The maximum Gasteiger partial charge on any atom is 0.377 e. The molecule has 3 atom stereocenters. The van der Waals surface area contributed by atoms with Crippen LogP contribution in [0.1, 0.15) is 48.1 Å². The average molecular weight is 208 g/mol. The smallest absolute Gasteiger partial charge is 0.377 e. The summed E-state index contributed by atoms with van der Waals surface area (Å²) in [6.07, 6.45) is 4.80. The van der Waals surface area contributed by atoms with Crippen LogP contribution >= 0.6 is 0 Å². The van der Waals surface area contributed by atoms with E-state index >= 15 is 0 Å². The second-order valence-electron chi connectivity index (χ2n) is 4.46. The number of hydrogen-bond acceptors (Lipinski definition) is 4. The van der Waals surface area contributed by atoms with Gasteiger partial charge in [-0.1, -0.05) is 12.8 Å². The highest BCUT2D eigenvalue weighted by Crippen LogP contribution is 2.56. The van der Waals surface area contributed by atoms with Crippen molar-refractivity contribution in [3.63, 3.8) is 0 Å². The van der Waals surface area contributed by atoms with Crippen molar-refractivity contribution in [1.82, 2.24) is 10.1 Å². The zero-order valence-corrected chi connectivity index (χ0v) is 8.22.